The van der Waals surface area contributed by atoms with Crippen LogP contribution in [0.1, 0.15) is 5.56 Å². The highest BCUT2D eigenvalue weighted by Crippen LogP contribution is 2.24. The maximum absolute atomic E-state index is 12.6. The number of anilines is 1. The number of halogens is 1. The number of nitrogens with zero attached hydrogens (tertiary/aromatic N) is 2. The van der Waals surface area contributed by atoms with Gasteiger partial charge in [-0.1, -0.05) is 35.5 Å². The van der Waals surface area contributed by atoms with E-state index in [9.17, 15) is 9.59 Å². The summed E-state index contributed by atoms with van der Waals surface area (Å²) in [5, 5.41) is 6.18. The van der Waals surface area contributed by atoms with Crippen LogP contribution < -0.4 is 10.9 Å². The maximum Gasteiger partial charge on any atom is 0.263 e. The van der Waals surface area contributed by atoms with Crippen molar-refractivity contribution in [1.29, 1.82) is 0 Å². The van der Waals surface area contributed by atoms with E-state index in [1.165, 1.54) is 27.7 Å². The third-order valence-corrected chi connectivity index (χ3v) is 5.69. The number of benzene rings is 1. The zero-order valence-electron chi connectivity index (χ0n) is 14.0. The number of carbonyl (C=O) groups excluding carboxylic acids is 1. The summed E-state index contributed by atoms with van der Waals surface area (Å²) in [4.78, 5) is 30.0. The Morgan fingerprint density at radius 3 is 3.00 bits per heavy atom. The fraction of sp³-hybridized carbons (Fsp3) is 0.167. The van der Waals surface area contributed by atoms with Crippen LogP contribution in [0.4, 0.5) is 5.69 Å². The van der Waals surface area contributed by atoms with E-state index >= 15 is 0 Å². The quantitative estimate of drug-likeness (QED) is 0.376. The SMILES string of the molecule is C=CCn1c(SCC(=O)Nc2ccc(C)cc2Cl)nc2sccc2c1=O. The molecular formula is C18H16ClN3O2S2. The Labute approximate surface area is 163 Å². The van der Waals surface area contributed by atoms with Crippen molar-refractivity contribution in [3.8, 4) is 0 Å². The lowest BCUT2D eigenvalue weighted by atomic mass is 10.2. The Kier molecular flexibility index (Phi) is 5.80. The highest BCUT2D eigenvalue weighted by atomic mass is 35.5. The molecule has 5 nitrogen and oxygen atoms in total. The van der Waals surface area contributed by atoms with Gasteiger partial charge in [-0.15, -0.1) is 17.9 Å². The molecule has 1 amide bonds. The van der Waals surface area contributed by atoms with Crippen LogP contribution in [0.5, 0.6) is 0 Å². The molecule has 1 N–H and O–H groups in total. The molecule has 8 heteroatoms. The van der Waals surface area contributed by atoms with Gasteiger partial charge in [0.25, 0.3) is 5.56 Å². The van der Waals surface area contributed by atoms with Crippen molar-refractivity contribution in [1.82, 2.24) is 9.55 Å². The molecule has 0 bridgehead atoms. The first-order valence-electron chi connectivity index (χ1n) is 7.77. The number of thioether (sulfide) groups is 1. The molecule has 3 aromatic rings. The normalized spacial score (nSPS) is 10.8. The molecule has 0 aliphatic rings. The van der Waals surface area contributed by atoms with Gasteiger partial charge in [0, 0.05) is 6.54 Å². The van der Waals surface area contributed by atoms with Gasteiger partial charge in [0.2, 0.25) is 5.91 Å². The van der Waals surface area contributed by atoms with Crippen LogP contribution in [0.3, 0.4) is 0 Å². The molecule has 0 saturated heterocycles. The van der Waals surface area contributed by atoms with Gasteiger partial charge in [0.15, 0.2) is 5.16 Å². The predicted octanol–water partition coefficient (Wildman–Crippen LogP) is 4.34. The molecule has 0 radical (unpaired) electrons. The molecule has 2 heterocycles. The minimum Gasteiger partial charge on any atom is -0.324 e. The molecule has 0 saturated carbocycles. The lowest BCUT2D eigenvalue weighted by Gasteiger charge is -2.11. The third kappa shape index (κ3) is 4.00. The Hall–Kier alpha value is -2.09. The third-order valence-electron chi connectivity index (χ3n) is 3.59. The summed E-state index contributed by atoms with van der Waals surface area (Å²) in [7, 11) is 0. The number of hydrogen-bond donors (Lipinski definition) is 1. The predicted molar refractivity (Wildman–Crippen MR) is 110 cm³/mol. The molecule has 3 rings (SSSR count). The van der Waals surface area contributed by atoms with Gasteiger partial charge in [-0.2, -0.15) is 0 Å². The van der Waals surface area contributed by atoms with Gasteiger partial charge in [0.1, 0.15) is 4.83 Å². The number of aryl methyl sites for hydroxylation is 1. The summed E-state index contributed by atoms with van der Waals surface area (Å²) < 4.78 is 1.53. The first-order chi connectivity index (χ1) is 12.5. The van der Waals surface area contributed by atoms with Gasteiger partial charge >= 0.3 is 0 Å². The van der Waals surface area contributed by atoms with E-state index in [0.29, 0.717) is 32.6 Å². The molecule has 2 aromatic heterocycles. The van der Waals surface area contributed by atoms with Crippen molar-refractivity contribution < 1.29 is 4.79 Å². The Morgan fingerprint density at radius 1 is 1.46 bits per heavy atom. The molecule has 26 heavy (non-hydrogen) atoms. The average Bonchev–Trinajstić information content (AvgIpc) is 3.07. The summed E-state index contributed by atoms with van der Waals surface area (Å²) >= 11 is 8.75. The monoisotopic (exact) mass is 405 g/mol. The number of amides is 1. The zero-order valence-corrected chi connectivity index (χ0v) is 16.4. The van der Waals surface area contributed by atoms with Crippen molar-refractivity contribution in [2.45, 2.75) is 18.6 Å². The molecule has 134 valence electrons. The van der Waals surface area contributed by atoms with Gasteiger partial charge in [-0.25, -0.2) is 4.98 Å². The van der Waals surface area contributed by atoms with E-state index in [1.54, 1.807) is 24.3 Å². The van der Waals surface area contributed by atoms with Crippen molar-refractivity contribution in [3.05, 3.63) is 63.2 Å². The van der Waals surface area contributed by atoms with Crippen molar-refractivity contribution >= 4 is 56.5 Å². The second kappa shape index (κ2) is 8.07. The van der Waals surface area contributed by atoms with E-state index in [-0.39, 0.29) is 17.2 Å². The fourth-order valence-electron chi connectivity index (χ4n) is 2.37. The van der Waals surface area contributed by atoms with E-state index in [4.69, 9.17) is 11.6 Å². The summed E-state index contributed by atoms with van der Waals surface area (Å²) in [6.07, 6.45) is 1.64. The van der Waals surface area contributed by atoms with Crippen molar-refractivity contribution in [2.24, 2.45) is 0 Å². The molecular weight excluding hydrogens is 390 g/mol. The van der Waals surface area contributed by atoms with E-state index < -0.39 is 0 Å². The van der Waals surface area contributed by atoms with Gasteiger partial charge in [-0.05, 0) is 36.1 Å². The number of fused-ring (bicyclic) bond motifs is 1. The second-order valence-corrected chi connectivity index (χ2v) is 7.80. The van der Waals surface area contributed by atoms with Crippen LogP contribution in [-0.2, 0) is 11.3 Å². The van der Waals surface area contributed by atoms with Crippen molar-refractivity contribution in [3.63, 3.8) is 0 Å². The molecule has 0 spiro atoms. The lowest BCUT2D eigenvalue weighted by molar-refractivity contribution is -0.113. The van der Waals surface area contributed by atoms with Crippen LogP contribution >= 0.6 is 34.7 Å². The Morgan fingerprint density at radius 2 is 2.27 bits per heavy atom. The number of rotatable bonds is 6. The Bertz CT molecular complexity index is 1040. The van der Waals surface area contributed by atoms with Gasteiger partial charge < -0.3 is 5.32 Å². The van der Waals surface area contributed by atoms with Crippen LogP contribution in [0.25, 0.3) is 10.2 Å². The van der Waals surface area contributed by atoms with Gasteiger partial charge in [-0.3, -0.25) is 14.2 Å². The topological polar surface area (TPSA) is 64.0 Å². The van der Waals surface area contributed by atoms with Crippen LogP contribution in [0.2, 0.25) is 5.02 Å². The molecule has 0 aliphatic carbocycles. The summed E-state index contributed by atoms with van der Waals surface area (Å²) in [5.74, 6) is -0.101. The summed E-state index contributed by atoms with van der Waals surface area (Å²) in [6.45, 7) is 5.95. The minimum absolute atomic E-state index is 0.116. The highest BCUT2D eigenvalue weighted by molar-refractivity contribution is 7.99. The fourth-order valence-corrected chi connectivity index (χ4v) is 4.26. The summed E-state index contributed by atoms with van der Waals surface area (Å²) in [6, 6.07) is 7.19. The van der Waals surface area contributed by atoms with E-state index in [2.05, 4.69) is 16.9 Å². The van der Waals surface area contributed by atoms with Crippen molar-refractivity contribution in [2.75, 3.05) is 11.1 Å². The minimum atomic E-state index is -0.216. The number of carbonyl (C=O) groups is 1. The molecule has 0 fully saturated rings. The van der Waals surface area contributed by atoms with E-state index in [0.717, 1.165) is 5.56 Å². The van der Waals surface area contributed by atoms with Crippen LogP contribution in [0, 0.1) is 6.92 Å². The second-order valence-electron chi connectivity index (χ2n) is 5.56. The van der Waals surface area contributed by atoms with E-state index in [1.807, 2.05) is 18.4 Å². The summed E-state index contributed by atoms with van der Waals surface area (Å²) in [5.41, 5.74) is 1.46. The molecule has 0 aliphatic heterocycles. The van der Waals surface area contributed by atoms with Crippen LogP contribution in [0.15, 0.2) is 52.3 Å². The zero-order chi connectivity index (χ0) is 18.7. The maximum atomic E-state index is 12.6. The molecule has 1 aromatic carbocycles. The highest BCUT2D eigenvalue weighted by Gasteiger charge is 2.14. The standard InChI is InChI=1S/C18H16ClN3O2S2/c1-3-7-22-17(24)12-6-8-25-16(12)21-18(22)26-10-15(23)20-14-5-4-11(2)9-13(14)19/h3-6,8-9H,1,7,10H2,2H3,(H,20,23). The number of nitrogens with one attached hydrogen (secondary N) is 1. The van der Waals surface area contributed by atoms with Crippen LogP contribution in [-0.4, -0.2) is 21.2 Å². The largest absolute Gasteiger partial charge is 0.324 e. The lowest BCUT2D eigenvalue weighted by Crippen LogP contribution is -2.23. The average molecular weight is 406 g/mol. The van der Waals surface area contributed by atoms with Gasteiger partial charge in [0.05, 0.1) is 21.8 Å². The number of aromatic nitrogens is 2. The number of hydrogen-bond acceptors (Lipinski definition) is 5. The number of allylic oxidation sites excluding steroid dienone is 1. The first-order valence-corrected chi connectivity index (χ1v) is 10.0. The number of thiophene rings is 1. The smallest absolute Gasteiger partial charge is 0.263 e. The Balaban J connectivity index is 1.78. The first kappa shape index (κ1) is 18.7. The molecule has 0 atom stereocenters. The molecule has 0 unspecified atom stereocenters.